The molecule has 2 fully saturated rings. The predicted molar refractivity (Wildman–Crippen MR) is 133 cm³/mol. The molecule has 2 heterocycles. The van der Waals surface area contributed by atoms with Gasteiger partial charge in [-0.15, -0.1) is 0 Å². The van der Waals surface area contributed by atoms with E-state index in [0.29, 0.717) is 43.2 Å². The van der Waals surface area contributed by atoms with Crippen LogP contribution in [0.15, 0.2) is 48.5 Å². The largest absolute Gasteiger partial charge is 0.342 e. The molecule has 186 valence electrons. The predicted octanol–water partition coefficient (Wildman–Crippen LogP) is 3.61. The number of rotatable bonds is 6. The lowest BCUT2D eigenvalue weighted by atomic mass is 9.88. The molecule has 0 bridgehead atoms. The van der Waals surface area contributed by atoms with Crippen molar-refractivity contribution in [2.45, 2.75) is 38.6 Å². The fraction of sp³-hybridized carbons (Fsp3) is 0.444. The molecule has 2 aromatic carbocycles. The molecule has 8 heteroatoms. The van der Waals surface area contributed by atoms with Crippen molar-refractivity contribution in [3.8, 4) is 0 Å². The summed E-state index contributed by atoms with van der Waals surface area (Å²) in [6, 6.07) is 12.7. The summed E-state index contributed by atoms with van der Waals surface area (Å²) in [4.78, 5) is 39.7. The van der Waals surface area contributed by atoms with Gasteiger partial charge in [-0.1, -0.05) is 24.3 Å². The van der Waals surface area contributed by atoms with Gasteiger partial charge in [0.15, 0.2) is 5.78 Å². The summed E-state index contributed by atoms with van der Waals surface area (Å²) >= 11 is 0. The lowest BCUT2D eigenvalue weighted by Crippen LogP contribution is -2.57. The first-order chi connectivity index (χ1) is 16.9. The summed E-state index contributed by atoms with van der Waals surface area (Å²) in [5.41, 5.74) is 2.14. The van der Waals surface area contributed by atoms with Crippen molar-refractivity contribution < 1.29 is 18.8 Å². The van der Waals surface area contributed by atoms with Gasteiger partial charge < -0.3 is 20.9 Å². The van der Waals surface area contributed by atoms with Crippen molar-refractivity contribution in [1.82, 2.24) is 15.5 Å². The lowest BCUT2D eigenvalue weighted by molar-refractivity contribution is -0.138. The molecule has 2 aromatic rings. The van der Waals surface area contributed by atoms with E-state index in [9.17, 15) is 18.8 Å². The molecule has 2 saturated heterocycles. The van der Waals surface area contributed by atoms with Crippen molar-refractivity contribution in [1.29, 1.82) is 0 Å². The van der Waals surface area contributed by atoms with Crippen molar-refractivity contribution in [2.75, 3.05) is 31.5 Å². The Kier molecular flexibility index (Phi) is 8.13. The van der Waals surface area contributed by atoms with Gasteiger partial charge in [-0.2, -0.15) is 0 Å². The van der Waals surface area contributed by atoms with E-state index in [4.69, 9.17) is 0 Å². The summed E-state index contributed by atoms with van der Waals surface area (Å²) in [5, 5.41) is 9.06. The molecule has 7 nitrogen and oxygen atoms in total. The van der Waals surface area contributed by atoms with Crippen LogP contribution in [-0.2, 0) is 11.2 Å². The van der Waals surface area contributed by atoms with Crippen LogP contribution >= 0.6 is 0 Å². The van der Waals surface area contributed by atoms with Gasteiger partial charge in [0.25, 0.3) is 0 Å². The zero-order chi connectivity index (χ0) is 24.8. The van der Waals surface area contributed by atoms with Crippen LogP contribution in [0, 0.1) is 17.7 Å². The maximum absolute atomic E-state index is 13.5. The second kappa shape index (κ2) is 11.4. The van der Waals surface area contributed by atoms with Crippen molar-refractivity contribution in [3.05, 3.63) is 65.5 Å². The Morgan fingerprint density at radius 2 is 1.91 bits per heavy atom. The highest BCUT2D eigenvalue weighted by atomic mass is 19.1. The number of piperidine rings is 2. The molecule has 0 saturated carbocycles. The third-order valence-corrected chi connectivity index (χ3v) is 6.91. The van der Waals surface area contributed by atoms with Crippen molar-refractivity contribution in [2.24, 2.45) is 11.8 Å². The van der Waals surface area contributed by atoms with Crippen LogP contribution in [0.1, 0.15) is 42.1 Å². The molecule has 3 N–H and O–H groups in total. The molecule has 0 spiro atoms. The average molecular weight is 481 g/mol. The molecule has 2 unspecified atom stereocenters. The Morgan fingerprint density at radius 3 is 2.69 bits per heavy atom. The second-order valence-electron chi connectivity index (χ2n) is 9.56. The Labute approximate surface area is 205 Å². The van der Waals surface area contributed by atoms with Gasteiger partial charge in [0.1, 0.15) is 5.82 Å². The Morgan fingerprint density at radius 1 is 1.11 bits per heavy atom. The normalized spacial score (nSPS) is 22.3. The van der Waals surface area contributed by atoms with Crippen LogP contribution < -0.4 is 16.0 Å². The number of ketones is 1. The number of anilines is 1. The number of Topliss-reactive ketones (excluding diaryl/α,β-unsaturated/α-hetero) is 1. The van der Waals surface area contributed by atoms with Crippen LogP contribution in [0.25, 0.3) is 0 Å². The fourth-order valence-corrected chi connectivity index (χ4v) is 5.06. The first kappa shape index (κ1) is 24.9. The zero-order valence-electron chi connectivity index (χ0n) is 20.1. The molecule has 0 aromatic heterocycles. The average Bonchev–Trinajstić information content (AvgIpc) is 2.85. The van der Waals surface area contributed by atoms with Gasteiger partial charge in [-0.25, -0.2) is 9.18 Å². The van der Waals surface area contributed by atoms with E-state index in [1.807, 2.05) is 17.0 Å². The summed E-state index contributed by atoms with van der Waals surface area (Å²) in [6.07, 6.45) is 3.44. The Balaban J connectivity index is 1.36. The van der Waals surface area contributed by atoms with E-state index >= 15 is 0 Å². The third-order valence-electron chi connectivity index (χ3n) is 6.91. The van der Waals surface area contributed by atoms with E-state index in [1.54, 1.807) is 24.3 Å². The lowest BCUT2D eigenvalue weighted by Gasteiger charge is -2.39. The molecule has 2 aliphatic heterocycles. The number of nitrogens with zero attached hydrogens (tertiary/aromatic N) is 1. The number of benzene rings is 2. The molecule has 3 amide bonds. The molecule has 35 heavy (non-hydrogen) atoms. The van der Waals surface area contributed by atoms with Crippen LogP contribution in [0.2, 0.25) is 0 Å². The molecule has 3 atom stereocenters. The highest BCUT2D eigenvalue weighted by Gasteiger charge is 2.36. The fourth-order valence-electron chi connectivity index (χ4n) is 5.06. The second-order valence-corrected chi connectivity index (χ2v) is 9.56. The van der Waals surface area contributed by atoms with Crippen LogP contribution in [0.3, 0.4) is 0 Å². The molecule has 2 aliphatic rings. The molecule has 0 aliphatic carbocycles. The number of hydrogen-bond donors (Lipinski definition) is 3. The number of nitrogens with one attached hydrogen (secondary N) is 3. The van der Waals surface area contributed by atoms with Gasteiger partial charge >= 0.3 is 6.03 Å². The number of likely N-dealkylation sites (tertiary alicyclic amines) is 1. The van der Waals surface area contributed by atoms with Crippen molar-refractivity contribution >= 4 is 23.4 Å². The van der Waals surface area contributed by atoms with Gasteiger partial charge in [-0.05, 0) is 74.9 Å². The summed E-state index contributed by atoms with van der Waals surface area (Å²) in [7, 11) is 0. The van der Waals surface area contributed by atoms with Crippen LogP contribution in [0.5, 0.6) is 0 Å². The van der Waals surface area contributed by atoms with Crippen molar-refractivity contribution in [3.63, 3.8) is 0 Å². The smallest absolute Gasteiger partial charge is 0.319 e. The summed E-state index contributed by atoms with van der Waals surface area (Å²) in [5.74, 6) is -0.268. The standard InChI is InChI=1S/C27H33FN4O3/c1-18(33)21-5-2-6-23(15-21)30-27(35)31-25-11-12-29-16-24(25)26(34)32-13-3-4-20(17-32)14-19-7-9-22(28)10-8-19/h2,5-10,15,20,24-25,29H,3-4,11-14,16-17H2,1H3,(H2,30,31,35)/t20?,24?,25-/m1/s1. The number of carbonyl (C=O) groups excluding carboxylic acids is 3. The minimum atomic E-state index is -0.386. The number of urea groups is 1. The number of amides is 3. The highest BCUT2D eigenvalue weighted by molar-refractivity contribution is 5.96. The van der Waals surface area contributed by atoms with Crippen LogP contribution in [0.4, 0.5) is 14.9 Å². The van der Waals surface area contributed by atoms with Gasteiger partial charge in [0, 0.05) is 36.9 Å². The van der Waals surface area contributed by atoms with Gasteiger partial charge in [0.05, 0.1) is 5.92 Å². The summed E-state index contributed by atoms with van der Waals surface area (Å²) < 4.78 is 13.2. The summed E-state index contributed by atoms with van der Waals surface area (Å²) in [6.45, 7) is 4.11. The molecular formula is C27H33FN4O3. The van der Waals surface area contributed by atoms with E-state index in [2.05, 4.69) is 16.0 Å². The van der Waals surface area contributed by atoms with Crippen LogP contribution in [-0.4, -0.2) is 54.8 Å². The Bertz CT molecular complexity index is 1060. The first-order valence-electron chi connectivity index (χ1n) is 12.3. The maximum atomic E-state index is 13.5. The van der Waals surface area contributed by atoms with E-state index < -0.39 is 0 Å². The quantitative estimate of drug-likeness (QED) is 0.551. The molecule has 0 radical (unpaired) electrons. The number of halogens is 1. The molecule has 4 rings (SSSR count). The molecular weight excluding hydrogens is 447 g/mol. The minimum Gasteiger partial charge on any atom is -0.342 e. The number of carbonyl (C=O) groups is 3. The topological polar surface area (TPSA) is 90.5 Å². The van der Waals surface area contributed by atoms with Gasteiger partial charge in [-0.3, -0.25) is 9.59 Å². The third kappa shape index (κ3) is 6.66. The number of hydrogen-bond acceptors (Lipinski definition) is 4. The highest BCUT2D eigenvalue weighted by Crippen LogP contribution is 2.24. The zero-order valence-corrected chi connectivity index (χ0v) is 20.1. The van der Waals surface area contributed by atoms with Gasteiger partial charge in [0.2, 0.25) is 5.91 Å². The first-order valence-corrected chi connectivity index (χ1v) is 12.3. The Hall–Kier alpha value is -3.26. The van der Waals surface area contributed by atoms with E-state index in [-0.39, 0.29) is 35.5 Å². The van der Waals surface area contributed by atoms with E-state index in [1.165, 1.54) is 19.1 Å². The monoisotopic (exact) mass is 480 g/mol. The SMILES string of the molecule is CC(=O)c1cccc(NC(=O)N[C@@H]2CCNCC2C(=O)N2CCCC(Cc3ccc(F)cc3)C2)c1. The maximum Gasteiger partial charge on any atom is 0.319 e. The van der Waals surface area contributed by atoms with E-state index in [0.717, 1.165) is 31.4 Å². The minimum absolute atomic E-state index is 0.0601.